The molecular formula is C19H30N4O2. The monoisotopic (exact) mass is 346 g/mol. The maximum absolute atomic E-state index is 12.4. The predicted octanol–water partition coefficient (Wildman–Crippen LogP) is 2.11. The van der Waals surface area contributed by atoms with Gasteiger partial charge in [-0.3, -0.25) is 14.3 Å². The molecular weight excluding hydrogens is 316 g/mol. The normalized spacial score (nSPS) is 21.3. The van der Waals surface area contributed by atoms with Crippen molar-refractivity contribution >= 4 is 11.8 Å². The Morgan fingerprint density at radius 3 is 2.60 bits per heavy atom. The van der Waals surface area contributed by atoms with Crippen LogP contribution in [0.25, 0.3) is 0 Å². The Hall–Kier alpha value is -1.85. The minimum atomic E-state index is -0.177. The van der Waals surface area contributed by atoms with E-state index in [0.717, 1.165) is 31.5 Å². The van der Waals surface area contributed by atoms with Crippen molar-refractivity contribution in [1.82, 2.24) is 20.0 Å². The Morgan fingerprint density at radius 1 is 1.24 bits per heavy atom. The first-order valence-electron chi connectivity index (χ1n) is 9.55. The van der Waals surface area contributed by atoms with Crippen LogP contribution in [0.1, 0.15) is 55.5 Å². The van der Waals surface area contributed by atoms with Crippen LogP contribution >= 0.6 is 0 Å². The van der Waals surface area contributed by atoms with Crippen molar-refractivity contribution in [1.29, 1.82) is 0 Å². The molecule has 6 nitrogen and oxygen atoms in total. The molecule has 1 aliphatic carbocycles. The molecule has 25 heavy (non-hydrogen) atoms. The van der Waals surface area contributed by atoms with E-state index < -0.39 is 0 Å². The number of likely N-dealkylation sites (tertiary alicyclic amines) is 1. The molecule has 6 heteroatoms. The quantitative estimate of drug-likeness (QED) is 0.802. The second kappa shape index (κ2) is 7.58. The van der Waals surface area contributed by atoms with Crippen LogP contribution in [0.5, 0.6) is 0 Å². The highest BCUT2D eigenvalue weighted by molar-refractivity contribution is 5.89. The molecule has 1 aromatic rings. The van der Waals surface area contributed by atoms with Crippen LogP contribution in [0.4, 0.5) is 0 Å². The van der Waals surface area contributed by atoms with E-state index in [-0.39, 0.29) is 17.7 Å². The molecule has 1 saturated carbocycles. The van der Waals surface area contributed by atoms with E-state index in [1.54, 1.807) is 0 Å². The third kappa shape index (κ3) is 3.88. The third-order valence-corrected chi connectivity index (χ3v) is 5.88. The van der Waals surface area contributed by atoms with Crippen molar-refractivity contribution in [3.05, 3.63) is 17.0 Å². The second-order valence-electron chi connectivity index (χ2n) is 7.55. The van der Waals surface area contributed by atoms with Gasteiger partial charge in [0.1, 0.15) is 0 Å². The van der Waals surface area contributed by atoms with Crippen molar-refractivity contribution in [2.75, 3.05) is 13.1 Å². The predicted molar refractivity (Wildman–Crippen MR) is 96.1 cm³/mol. The summed E-state index contributed by atoms with van der Waals surface area (Å²) in [6.07, 6.45) is 5.83. The van der Waals surface area contributed by atoms with E-state index in [9.17, 15) is 9.59 Å². The first-order valence-corrected chi connectivity index (χ1v) is 9.55. The third-order valence-electron chi connectivity index (χ3n) is 5.88. The van der Waals surface area contributed by atoms with Crippen LogP contribution < -0.4 is 5.32 Å². The summed E-state index contributed by atoms with van der Waals surface area (Å²) < 4.78 is 2.01. The largest absolute Gasteiger partial charge is 0.356 e. The van der Waals surface area contributed by atoms with Crippen molar-refractivity contribution in [2.45, 2.75) is 71.9 Å². The highest BCUT2D eigenvalue weighted by atomic mass is 16.2. The van der Waals surface area contributed by atoms with E-state index in [1.807, 2.05) is 16.5 Å². The standard InChI is InChI=1S/C19H30N4O2/c1-13-14(2)21-23(15(13)3)10-6-9-20-19(25)16-11-18(24)22(12-16)17-7-4-5-8-17/h16-17H,4-12H2,1-3H3,(H,20,25)/t16-/m1/s1. The van der Waals surface area contributed by atoms with Gasteiger partial charge in [-0.05, 0) is 45.6 Å². The van der Waals surface area contributed by atoms with Gasteiger partial charge in [0.05, 0.1) is 11.6 Å². The lowest BCUT2D eigenvalue weighted by Crippen LogP contribution is -2.37. The van der Waals surface area contributed by atoms with Crippen molar-refractivity contribution in [3.63, 3.8) is 0 Å². The Bertz CT molecular complexity index is 646. The summed E-state index contributed by atoms with van der Waals surface area (Å²) in [7, 11) is 0. The van der Waals surface area contributed by atoms with Gasteiger partial charge in [0.25, 0.3) is 0 Å². The SMILES string of the molecule is Cc1nn(CCCNC(=O)[C@@H]2CC(=O)N(C3CCCC3)C2)c(C)c1C. The van der Waals surface area contributed by atoms with E-state index in [0.29, 0.717) is 25.6 Å². The maximum Gasteiger partial charge on any atom is 0.225 e. The Kier molecular flexibility index (Phi) is 5.45. The number of amides is 2. The minimum absolute atomic E-state index is 0.0263. The number of aromatic nitrogens is 2. The van der Waals surface area contributed by atoms with Crippen LogP contribution in [-0.2, 0) is 16.1 Å². The maximum atomic E-state index is 12.4. The fourth-order valence-corrected chi connectivity index (χ4v) is 4.07. The molecule has 2 fully saturated rings. The van der Waals surface area contributed by atoms with Gasteiger partial charge in [-0.15, -0.1) is 0 Å². The first kappa shape index (κ1) is 18.0. The molecule has 138 valence electrons. The summed E-state index contributed by atoms with van der Waals surface area (Å²) in [6, 6.07) is 0.375. The average molecular weight is 346 g/mol. The smallest absolute Gasteiger partial charge is 0.225 e. The number of rotatable bonds is 6. The first-order chi connectivity index (χ1) is 12.0. The van der Waals surface area contributed by atoms with Gasteiger partial charge in [-0.25, -0.2) is 0 Å². The molecule has 2 aliphatic rings. The summed E-state index contributed by atoms with van der Waals surface area (Å²) >= 11 is 0. The van der Waals surface area contributed by atoms with Crippen LogP contribution in [0.3, 0.4) is 0 Å². The topological polar surface area (TPSA) is 67.2 Å². The Balaban J connectivity index is 1.42. The van der Waals surface area contributed by atoms with Gasteiger partial charge >= 0.3 is 0 Å². The minimum Gasteiger partial charge on any atom is -0.356 e. The van der Waals surface area contributed by atoms with E-state index in [4.69, 9.17) is 0 Å². The molecule has 0 aromatic carbocycles. The van der Waals surface area contributed by atoms with Gasteiger partial charge in [0.2, 0.25) is 11.8 Å². The number of carbonyl (C=O) groups excluding carboxylic acids is 2. The number of carbonyl (C=O) groups is 2. The van der Waals surface area contributed by atoms with Crippen LogP contribution in [0, 0.1) is 26.7 Å². The fourth-order valence-electron chi connectivity index (χ4n) is 4.07. The van der Waals surface area contributed by atoms with Crippen LogP contribution in [-0.4, -0.2) is 45.6 Å². The van der Waals surface area contributed by atoms with Gasteiger partial charge in [-0.1, -0.05) is 12.8 Å². The van der Waals surface area contributed by atoms with E-state index >= 15 is 0 Å². The fraction of sp³-hybridized carbons (Fsp3) is 0.737. The summed E-state index contributed by atoms with van der Waals surface area (Å²) in [6.45, 7) is 8.22. The lowest BCUT2D eigenvalue weighted by Gasteiger charge is -2.23. The molecule has 0 unspecified atom stereocenters. The molecule has 0 spiro atoms. The lowest BCUT2D eigenvalue weighted by atomic mass is 10.1. The Labute approximate surface area is 149 Å². The zero-order valence-electron chi connectivity index (χ0n) is 15.7. The second-order valence-corrected chi connectivity index (χ2v) is 7.55. The summed E-state index contributed by atoms with van der Waals surface area (Å²) in [5.41, 5.74) is 3.50. The molecule has 2 heterocycles. The number of nitrogens with zero attached hydrogens (tertiary/aromatic N) is 3. The molecule has 2 amide bonds. The van der Waals surface area contributed by atoms with Gasteiger partial charge < -0.3 is 10.2 Å². The number of hydrogen-bond acceptors (Lipinski definition) is 3. The number of aryl methyl sites for hydroxylation is 2. The zero-order chi connectivity index (χ0) is 18.0. The lowest BCUT2D eigenvalue weighted by molar-refractivity contribution is -0.130. The van der Waals surface area contributed by atoms with Gasteiger partial charge in [0, 0.05) is 37.8 Å². The number of hydrogen-bond donors (Lipinski definition) is 1. The number of nitrogens with one attached hydrogen (secondary N) is 1. The molecule has 0 bridgehead atoms. The molecule has 1 N–H and O–H groups in total. The van der Waals surface area contributed by atoms with Gasteiger partial charge in [0.15, 0.2) is 0 Å². The highest BCUT2D eigenvalue weighted by Gasteiger charge is 2.38. The van der Waals surface area contributed by atoms with Gasteiger partial charge in [-0.2, -0.15) is 5.10 Å². The van der Waals surface area contributed by atoms with Crippen molar-refractivity contribution < 1.29 is 9.59 Å². The molecule has 1 aromatic heterocycles. The highest BCUT2D eigenvalue weighted by Crippen LogP contribution is 2.29. The Morgan fingerprint density at radius 2 is 1.96 bits per heavy atom. The van der Waals surface area contributed by atoms with Crippen molar-refractivity contribution in [2.24, 2.45) is 5.92 Å². The van der Waals surface area contributed by atoms with E-state index in [1.165, 1.54) is 24.1 Å². The molecule has 3 rings (SSSR count). The van der Waals surface area contributed by atoms with Crippen LogP contribution in [0.15, 0.2) is 0 Å². The summed E-state index contributed by atoms with van der Waals surface area (Å²) in [4.78, 5) is 26.5. The summed E-state index contributed by atoms with van der Waals surface area (Å²) in [5.74, 6) is 0.00703. The molecule has 1 aliphatic heterocycles. The van der Waals surface area contributed by atoms with Crippen molar-refractivity contribution in [3.8, 4) is 0 Å². The molecule has 1 atom stereocenters. The molecule has 0 radical (unpaired) electrons. The summed E-state index contributed by atoms with van der Waals surface area (Å²) in [5, 5.41) is 7.53. The van der Waals surface area contributed by atoms with Crippen LogP contribution in [0.2, 0.25) is 0 Å². The molecule has 1 saturated heterocycles. The van der Waals surface area contributed by atoms with E-state index in [2.05, 4.69) is 24.3 Å². The average Bonchev–Trinajstić information content (AvgIpc) is 3.29. The zero-order valence-corrected chi connectivity index (χ0v) is 15.7.